The van der Waals surface area contributed by atoms with Crippen LogP contribution in [0.4, 0.5) is 0 Å². The predicted molar refractivity (Wildman–Crippen MR) is 61.9 cm³/mol. The Morgan fingerprint density at radius 3 is 1.69 bits per heavy atom. The minimum Gasteiger partial charge on any atom is -0.295 e. The van der Waals surface area contributed by atoms with Crippen molar-refractivity contribution in [2.24, 2.45) is 5.41 Å². The van der Waals surface area contributed by atoms with E-state index < -0.39 is 23.2 Å². The number of halogens is 2. The molecule has 1 unspecified atom stereocenters. The molecular formula is C7H12ClIO3S. The molecule has 0 saturated heterocycles. The van der Waals surface area contributed by atoms with Crippen molar-refractivity contribution in [3.8, 4) is 0 Å². The Balaban J connectivity index is 5.23. The van der Waals surface area contributed by atoms with Gasteiger partial charge in [0.2, 0.25) is 0 Å². The van der Waals surface area contributed by atoms with Gasteiger partial charge in [0.05, 0.1) is 0 Å². The maximum absolute atomic E-state index is 11.6. The van der Waals surface area contributed by atoms with Gasteiger partial charge >= 0.3 is 0 Å². The highest BCUT2D eigenvalue weighted by atomic mass is 127. The maximum Gasteiger partial charge on any atom is 0.253 e. The molecule has 6 heteroatoms. The molecule has 0 aromatic heterocycles. The first-order valence-electron chi connectivity index (χ1n) is 3.53. The number of rotatable bonds is 2. The van der Waals surface area contributed by atoms with Crippen LogP contribution in [-0.4, -0.2) is 22.7 Å². The molecule has 0 amide bonds. The predicted octanol–water partition coefficient (Wildman–Crippen LogP) is 1.97. The van der Waals surface area contributed by atoms with Crippen LogP contribution in [0.1, 0.15) is 20.8 Å². The van der Waals surface area contributed by atoms with Crippen LogP contribution in [0, 0.1) is 5.41 Å². The van der Waals surface area contributed by atoms with Crippen molar-refractivity contribution in [1.82, 2.24) is 0 Å². The number of ketones is 1. The van der Waals surface area contributed by atoms with Crippen LogP contribution in [-0.2, 0) is 14.6 Å². The SMILES string of the molecule is CC(C)(C)C(=O)C(Cl)(I)S(C)(=O)=O. The second kappa shape index (κ2) is 3.66. The van der Waals surface area contributed by atoms with Crippen LogP contribution in [0.3, 0.4) is 0 Å². The van der Waals surface area contributed by atoms with Gasteiger partial charge in [0.1, 0.15) is 0 Å². The van der Waals surface area contributed by atoms with E-state index in [0.717, 1.165) is 6.26 Å². The van der Waals surface area contributed by atoms with E-state index >= 15 is 0 Å². The first-order valence-corrected chi connectivity index (χ1v) is 6.88. The summed E-state index contributed by atoms with van der Waals surface area (Å²) in [5.74, 6) is -0.496. The van der Waals surface area contributed by atoms with Crippen molar-refractivity contribution in [2.75, 3.05) is 6.26 Å². The van der Waals surface area contributed by atoms with Gasteiger partial charge in [-0.05, 0) is 22.6 Å². The first kappa shape index (κ1) is 13.6. The fourth-order valence-electron chi connectivity index (χ4n) is 0.605. The molecule has 0 fully saturated rings. The minimum absolute atomic E-state index is 0.496. The number of hydrogen-bond acceptors (Lipinski definition) is 3. The molecule has 0 aromatic rings. The van der Waals surface area contributed by atoms with E-state index in [-0.39, 0.29) is 0 Å². The number of hydrogen-bond donors (Lipinski definition) is 0. The molecule has 0 aliphatic carbocycles. The Morgan fingerprint density at radius 1 is 1.31 bits per heavy atom. The Kier molecular flexibility index (Phi) is 3.84. The number of carbonyl (C=O) groups excluding carboxylic acids is 1. The third-order valence-electron chi connectivity index (χ3n) is 1.41. The molecule has 0 spiro atoms. The van der Waals surface area contributed by atoms with E-state index in [1.165, 1.54) is 22.6 Å². The van der Waals surface area contributed by atoms with Crippen LogP contribution in [0.15, 0.2) is 0 Å². The first-order chi connectivity index (χ1) is 5.40. The van der Waals surface area contributed by atoms with Crippen molar-refractivity contribution in [3.63, 3.8) is 0 Å². The van der Waals surface area contributed by atoms with Gasteiger partial charge in [0.25, 0.3) is 2.21 Å². The average molecular weight is 339 g/mol. The molecule has 3 nitrogen and oxygen atoms in total. The lowest BCUT2D eigenvalue weighted by atomic mass is 9.92. The van der Waals surface area contributed by atoms with Crippen LogP contribution < -0.4 is 0 Å². The lowest BCUT2D eigenvalue weighted by molar-refractivity contribution is -0.124. The van der Waals surface area contributed by atoms with Crippen molar-refractivity contribution in [3.05, 3.63) is 0 Å². The molecule has 0 radical (unpaired) electrons. The highest BCUT2D eigenvalue weighted by Gasteiger charge is 2.48. The zero-order chi connectivity index (χ0) is 11.1. The Labute approximate surface area is 97.3 Å². The summed E-state index contributed by atoms with van der Waals surface area (Å²) in [5.41, 5.74) is -0.758. The van der Waals surface area contributed by atoms with Gasteiger partial charge < -0.3 is 0 Å². The van der Waals surface area contributed by atoms with E-state index in [9.17, 15) is 13.2 Å². The van der Waals surface area contributed by atoms with E-state index in [1.807, 2.05) is 0 Å². The normalized spacial score (nSPS) is 18.0. The maximum atomic E-state index is 11.6. The molecule has 0 aliphatic rings. The van der Waals surface area contributed by atoms with E-state index in [1.54, 1.807) is 20.8 Å². The van der Waals surface area contributed by atoms with Gasteiger partial charge in [-0.15, -0.1) is 0 Å². The minimum atomic E-state index is -3.58. The van der Waals surface area contributed by atoms with Crippen LogP contribution in [0.5, 0.6) is 0 Å². The van der Waals surface area contributed by atoms with E-state index in [2.05, 4.69) is 0 Å². The van der Waals surface area contributed by atoms with E-state index in [0.29, 0.717) is 0 Å². The third-order valence-corrected chi connectivity index (χ3v) is 6.43. The van der Waals surface area contributed by atoms with Crippen LogP contribution in [0.25, 0.3) is 0 Å². The van der Waals surface area contributed by atoms with Crippen LogP contribution in [0.2, 0.25) is 0 Å². The van der Waals surface area contributed by atoms with Gasteiger partial charge in [-0.3, -0.25) is 4.79 Å². The number of sulfone groups is 1. The summed E-state index contributed by atoms with van der Waals surface area (Å²) < 4.78 is 20.5. The molecule has 0 aromatic carbocycles. The zero-order valence-corrected chi connectivity index (χ0v) is 11.6. The summed E-state index contributed by atoms with van der Waals surface area (Å²) in [7, 11) is -3.58. The van der Waals surface area contributed by atoms with Gasteiger partial charge in [-0.1, -0.05) is 32.4 Å². The smallest absolute Gasteiger partial charge is 0.253 e. The van der Waals surface area contributed by atoms with Gasteiger partial charge in [-0.25, -0.2) is 8.42 Å². The number of Topliss-reactive ketones (excluding diaryl/α,β-unsaturated/α-hetero) is 1. The third kappa shape index (κ3) is 3.06. The van der Waals surface area contributed by atoms with Crippen molar-refractivity contribution in [2.45, 2.75) is 23.0 Å². The summed E-state index contributed by atoms with van der Waals surface area (Å²) in [6, 6.07) is 0. The molecule has 0 N–H and O–H groups in total. The van der Waals surface area contributed by atoms with Crippen molar-refractivity contribution >= 4 is 49.8 Å². The van der Waals surface area contributed by atoms with E-state index in [4.69, 9.17) is 11.6 Å². The second-order valence-corrected chi connectivity index (χ2v) is 9.80. The Morgan fingerprint density at radius 2 is 1.62 bits per heavy atom. The molecule has 0 heterocycles. The number of alkyl halides is 2. The summed E-state index contributed by atoms with van der Waals surface area (Å²) in [6.45, 7) is 4.91. The molecule has 1 atom stereocenters. The molecule has 78 valence electrons. The highest BCUT2D eigenvalue weighted by molar-refractivity contribution is 14.1. The van der Waals surface area contributed by atoms with Gasteiger partial charge in [-0.2, -0.15) is 0 Å². The topological polar surface area (TPSA) is 51.2 Å². The summed E-state index contributed by atoms with van der Waals surface area (Å²) >= 11 is 7.16. The van der Waals surface area contributed by atoms with Crippen LogP contribution >= 0.6 is 34.2 Å². The molecule has 0 bridgehead atoms. The zero-order valence-electron chi connectivity index (χ0n) is 7.89. The Hall–Kier alpha value is 0.640. The molecule has 0 aliphatic heterocycles. The largest absolute Gasteiger partial charge is 0.295 e. The molecule has 13 heavy (non-hydrogen) atoms. The van der Waals surface area contributed by atoms with Gasteiger partial charge in [0.15, 0.2) is 15.6 Å². The fourth-order valence-corrected chi connectivity index (χ4v) is 2.34. The standard InChI is InChI=1S/C7H12ClIO3S/c1-6(2,3)5(10)7(8,9)13(4,11)12/h1-4H3. The van der Waals surface area contributed by atoms with Crippen molar-refractivity contribution in [1.29, 1.82) is 0 Å². The number of carbonyl (C=O) groups is 1. The second-order valence-electron chi connectivity index (χ2n) is 3.87. The Bertz CT molecular complexity index is 313. The average Bonchev–Trinajstić information content (AvgIpc) is 1.81. The lowest BCUT2D eigenvalue weighted by Gasteiger charge is -2.25. The highest BCUT2D eigenvalue weighted by Crippen LogP contribution is 2.37. The fraction of sp³-hybridized carbons (Fsp3) is 0.857. The quantitative estimate of drug-likeness (QED) is 0.571. The summed E-state index contributed by atoms with van der Waals surface area (Å²) in [6.07, 6.45) is 0.954. The van der Waals surface area contributed by atoms with Crippen molar-refractivity contribution < 1.29 is 13.2 Å². The lowest BCUT2D eigenvalue weighted by Crippen LogP contribution is -2.41. The van der Waals surface area contributed by atoms with Gasteiger partial charge in [0, 0.05) is 11.7 Å². The molecular weight excluding hydrogens is 326 g/mol. The summed E-state index contributed by atoms with van der Waals surface area (Å²) in [4.78, 5) is 11.6. The monoisotopic (exact) mass is 338 g/mol. The molecule has 0 rings (SSSR count). The molecule has 0 saturated carbocycles. The summed E-state index contributed by atoms with van der Waals surface area (Å²) in [5, 5.41) is 0.